The Morgan fingerprint density at radius 1 is 1.12 bits per heavy atom. The highest BCUT2D eigenvalue weighted by Gasteiger charge is 2.28. The number of carbonyl (C=O) groups is 2. The van der Waals surface area contributed by atoms with Crippen LogP contribution in [0.5, 0.6) is 0 Å². The minimum Gasteiger partial charge on any atom is -0.383 e. The maximum atomic E-state index is 14.4. The summed E-state index contributed by atoms with van der Waals surface area (Å²) in [6.45, 7) is 8.53. The molecular weight excluding hydrogens is 551 g/mol. The summed E-state index contributed by atoms with van der Waals surface area (Å²) in [4.78, 5) is 37.3. The summed E-state index contributed by atoms with van der Waals surface area (Å²) >= 11 is 1.35. The largest absolute Gasteiger partial charge is 0.383 e. The molecule has 218 valence electrons. The second kappa shape index (κ2) is 12.8. The Hall–Kier alpha value is -4.08. The number of anilines is 3. The Morgan fingerprint density at radius 2 is 1.90 bits per heavy atom. The highest BCUT2D eigenvalue weighted by atomic mass is 32.1. The van der Waals surface area contributed by atoms with Crippen molar-refractivity contribution in [3.8, 4) is 10.4 Å². The van der Waals surface area contributed by atoms with Gasteiger partial charge in [-0.1, -0.05) is 50.2 Å². The number of rotatable bonds is 9. The number of ether oxygens (including phenoxy) is 1. The lowest BCUT2D eigenvalue weighted by atomic mass is 10.1. The van der Waals surface area contributed by atoms with Gasteiger partial charge in [0.15, 0.2) is 0 Å². The zero-order valence-electron chi connectivity index (χ0n) is 24.3. The fourth-order valence-corrected chi connectivity index (χ4v) is 6.32. The van der Waals surface area contributed by atoms with Crippen LogP contribution in [0.4, 0.5) is 21.6 Å². The minimum atomic E-state index is -0.468. The lowest BCUT2D eigenvalue weighted by molar-refractivity contribution is 0.0981. The number of pyridine rings is 1. The van der Waals surface area contributed by atoms with Gasteiger partial charge < -0.3 is 19.9 Å². The summed E-state index contributed by atoms with van der Waals surface area (Å²) < 4.78 is 19.7. The number of hydrogen-bond acceptors (Lipinski definition) is 6. The number of halogens is 1. The van der Waals surface area contributed by atoms with Crippen molar-refractivity contribution >= 4 is 40.3 Å². The fourth-order valence-electron chi connectivity index (χ4n) is 5.18. The molecule has 9 heteroatoms. The van der Waals surface area contributed by atoms with Crippen molar-refractivity contribution in [3.63, 3.8) is 0 Å². The van der Waals surface area contributed by atoms with E-state index in [4.69, 9.17) is 9.72 Å². The van der Waals surface area contributed by atoms with E-state index >= 15 is 0 Å². The molecule has 42 heavy (non-hydrogen) atoms. The smallest absolute Gasteiger partial charge is 0.276 e. The quantitative estimate of drug-likeness (QED) is 0.233. The maximum Gasteiger partial charge on any atom is 0.276 e. The molecule has 0 atom stereocenters. The molecule has 3 heterocycles. The van der Waals surface area contributed by atoms with E-state index in [9.17, 15) is 14.0 Å². The van der Waals surface area contributed by atoms with E-state index in [1.54, 1.807) is 37.1 Å². The first-order valence-electron chi connectivity index (χ1n) is 14.1. The first-order valence-corrected chi connectivity index (χ1v) is 14.9. The Kier molecular flexibility index (Phi) is 8.99. The van der Waals surface area contributed by atoms with Crippen LogP contribution in [0.1, 0.15) is 45.1 Å². The molecule has 0 saturated heterocycles. The van der Waals surface area contributed by atoms with E-state index in [2.05, 4.69) is 24.1 Å². The van der Waals surface area contributed by atoms with Gasteiger partial charge in [-0.2, -0.15) is 0 Å². The monoisotopic (exact) mass is 586 g/mol. The molecule has 0 aliphatic carbocycles. The molecule has 4 aromatic rings. The van der Waals surface area contributed by atoms with Gasteiger partial charge in [0.05, 0.1) is 22.9 Å². The number of benzene rings is 2. The van der Waals surface area contributed by atoms with Gasteiger partial charge in [-0.25, -0.2) is 9.37 Å². The summed E-state index contributed by atoms with van der Waals surface area (Å²) in [6, 6.07) is 19.9. The second-order valence-corrected chi connectivity index (χ2v) is 11.8. The first kappa shape index (κ1) is 29.4. The van der Waals surface area contributed by atoms with E-state index in [-0.39, 0.29) is 17.5 Å². The molecule has 1 aliphatic rings. The van der Waals surface area contributed by atoms with Crippen LogP contribution in [0.3, 0.4) is 0 Å². The number of nitrogens with one attached hydrogen (secondary N) is 1. The maximum absolute atomic E-state index is 14.4. The summed E-state index contributed by atoms with van der Waals surface area (Å²) in [6.07, 6.45) is 0.561. The number of hydrogen-bond donors (Lipinski definition) is 1. The zero-order chi connectivity index (χ0) is 29.8. The normalized spacial score (nSPS) is 12.5. The highest BCUT2D eigenvalue weighted by Crippen LogP contribution is 2.42. The van der Waals surface area contributed by atoms with E-state index in [1.807, 2.05) is 42.5 Å². The molecular formula is C33H35FN4O3S. The van der Waals surface area contributed by atoms with E-state index in [0.717, 1.165) is 34.1 Å². The third kappa shape index (κ3) is 6.22. The Labute approximate surface area is 250 Å². The Balaban J connectivity index is 1.43. The van der Waals surface area contributed by atoms with Crippen LogP contribution in [-0.4, -0.2) is 50.1 Å². The first-order chi connectivity index (χ1) is 20.3. The number of fused-ring (bicyclic) bond motifs is 3. The SMILES string of the molecule is COCCN(CC(C)C)c1cccc(C(=O)N2CCc3cc(C(=O)Nc4c(C)cccc4F)sc3-c3ccccc32)n1. The number of carbonyl (C=O) groups excluding carboxylic acids is 2. The molecule has 0 unspecified atom stereocenters. The van der Waals surface area contributed by atoms with Crippen LogP contribution in [0, 0.1) is 18.7 Å². The van der Waals surface area contributed by atoms with Crippen LogP contribution >= 0.6 is 11.3 Å². The third-order valence-corrected chi connectivity index (χ3v) is 8.42. The van der Waals surface area contributed by atoms with Crippen molar-refractivity contribution < 1.29 is 18.7 Å². The Morgan fingerprint density at radius 3 is 2.67 bits per heavy atom. The van der Waals surface area contributed by atoms with Gasteiger partial charge in [-0.05, 0) is 60.7 Å². The standard InChI is InChI=1S/C33H35FN4O3S/c1-21(2)20-37(17-18-41-4)29-14-8-12-26(35-29)33(40)38-16-15-23-19-28(42-31(23)24-10-5-6-13-27(24)38)32(39)36-30-22(3)9-7-11-25(30)34/h5-14,19,21H,15-18,20H2,1-4H3,(H,36,39). The Bertz CT molecular complexity index is 1580. The molecule has 7 nitrogen and oxygen atoms in total. The highest BCUT2D eigenvalue weighted by molar-refractivity contribution is 7.17. The number of amides is 2. The predicted octanol–water partition coefficient (Wildman–Crippen LogP) is 6.82. The van der Waals surface area contributed by atoms with Crippen LogP contribution in [0.25, 0.3) is 10.4 Å². The van der Waals surface area contributed by atoms with Crippen LogP contribution in [0.15, 0.2) is 66.7 Å². The fraction of sp³-hybridized carbons (Fsp3) is 0.303. The van der Waals surface area contributed by atoms with Crippen LogP contribution in [0.2, 0.25) is 0 Å². The van der Waals surface area contributed by atoms with Crippen molar-refractivity contribution in [2.45, 2.75) is 27.2 Å². The molecule has 2 aromatic carbocycles. The third-order valence-electron chi connectivity index (χ3n) is 7.21. The van der Waals surface area contributed by atoms with Crippen molar-refractivity contribution in [1.29, 1.82) is 0 Å². The number of aryl methyl sites for hydroxylation is 1. The van der Waals surface area contributed by atoms with E-state index in [0.29, 0.717) is 48.2 Å². The van der Waals surface area contributed by atoms with Gasteiger partial charge >= 0.3 is 0 Å². The van der Waals surface area contributed by atoms with Crippen LogP contribution in [-0.2, 0) is 11.2 Å². The lowest BCUT2D eigenvalue weighted by Gasteiger charge is -2.27. The summed E-state index contributed by atoms with van der Waals surface area (Å²) in [5.74, 6) is 0.164. The van der Waals surface area contributed by atoms with Crippen molar-refractivity contribution in [2.75, 3.05) is 48.5 Å². The average molecular weight is 587 g/mol. The van der Waals surface area contributed by atoms with Gasteiger partial charge in [-0.15, -0.1) is 11.3 Å². The second-order valence-electron chi connectivity index (χ2n) is 10.8. The number of methoxy groups -OCH3 is 1. The molecule has 5 rings (SSSR count). The van der Waals surface area contributed by atoms with Crippen LogP contribution < -0.4 is 15.1 Å². The van der Waals surface area contributed by atoms with E-state index < -0.39 is 5.82 Å². The number of aromatic nitrogens is 1. The topological polar surface area (TPSA) is 74.8 Å². The average Bonchev–Trinajstić information content (AvgIpc) is 3.35. The zero-order valence-corrected chi connectivity index (χ0v) is 25.1. The summed E-state index contributed by atoms with van der Waals surface area (Å²) in [5.41, 5.74) is 3.84. The molecule has 0 fully saturated rings. The van der Waals surface area contributed by atoms with Gasteiger partial charge in [-0.3, -0.25) is 9.59 Å². The molecule has 1 aliphatic heterocycles. The molecule has 2 aromatic heterocycles. The summed E-state index contributed by atoms with van der Waals surface area (Å²) in [7, 11) is 1.68. The molecule has 2 amide bonds. The summed E-state index contributed by atoms with van der Waals surface area (Å²) in [5, 5.41) is 2.74. The van der Waals surface area contributed by atoms with Crippen molar-refractivity contribution in [3.05, 3.63) is 94.2 Å². The van der Waals surface area contributed by atoms with Gasteiger partial charge in [0.25, 0.3) is 11.8 Å². The van der Waals surface area contributed by atoms with Crippen molar-refractivity contribution in [2.24, 2.45) is 5.92 Å². The molecule has 0 bridgehead atoms. The van der Waals surface area contributed by atoms with Gasteiger partial charge in [0, 0.05) is 37.2 Å². The number of para-hydroxylation sites is 2. The lowest BCUT2D eigenvalue weighted by Crippen LogP contribution is -2.35. The molecule has 1 N–H and O–H groups in total. The van der Waals surface area contributed by atoms with Crippen molar-refractivity contribution in [1.82, 2.24) is 4.98 Å². The number of thiophene rings is 1. The minimum absolute atomic E-state index is 0.177. The molecule has 0 radical (unpaired) electrons. The molecule has 0 saturated carbocycles. The van der Waals surface area contributed by atoms with Gasteiger partial charge in [0.1, 0.15) is 17.3 Å². The predicted molar refractivity (Wildman–Crippen MR) is 167 cm³/mol. The number of nitrogens with zero attached hydrogens (tertiary/aromatic N) is 3. The van der Waals surface area contributed by atoms with Gasteiger partial charge in [0.2, 0.25) is 0 Å². The molecule has 0 spiro atoms. The van der Waals surface area contributed by atoms with E-state index in [1.165, 1.54) is 17.4 Å².